The van der Waals surface area contributed by atoms with Gasteiger partial charge in [-0.25, -0.2) is 9.97 Å². The Morgan fingerprint density at radius 1 is 0.548 bits per heavy atom. The summed E-state index contributed by atoms with van der Waals surface area (Å²) in [4.78, 5) is 16.4. The van der Waals surface area contributed by atoms with Crippen molar-refractivity contribution in [3.05, 3.63) is 89.5 Å². The topological polar surface area (TPSA) is 83.4 Å². The van der Waals surface area contributed by atoms with Gasteiger partial charge in [0.1, 0.15) is 0 Å². The number of hydrogen-bond donors (Lipinski definition) is 3. The minimum Gasteiger partial charge on any atom is -0.398 e. The zero-order chi connectivity index (χ0) is 20.8. The van der Waals surface area contributed by atoms with E-state index in [0.717, 1.165) is 61.7 Å². The third-order valence-corrected chi connectivity index (χ3v) is 5.42. The summed E-state index contributed by atoms with van der Waals surface area (Å²) in [6.07, 6.45) is 8.08. The molecule has 0 saturated heterocycles. The predicted octanol–water partition coefficient (Wildman–Crippen LogP) is 5.90. The highest BCUT2D eigenvalue weighted by Crippen LogP contribution is 2.31. The van der Waals surface area contributed by atoms with Crippen LogP contribution < -0.4 is 5.73 Å². The van der Waals surface area contributed by atoms with Crippen molar-refractivity contribution >= 4 is 52.1 Å². The van der Waals surface area contributed by atoms with Crippen LogP contribution in [0.15, 0.2) is 66.7 Å². The highest BCUT2D eigenvalue weighted by molar-refractivity contribution is 5.91. The first kappa shape index (κ1) is 17.5. The number of fused-ring (bicyclic) bond motifs is 8. The molecule has 1 aromatic carbocycles. The Bertz CT molecular complexity index is 1550. The van der Waals surface area contributed by atoms with Gasteiger partial charge in [-0.15, -0.1) is 0 Å². The van der Waals surface area contributed by atoms with Crippen molar-refractivity contribution in [2.45, 2.75) is 0 Å². The van der Waals surface area contributed by atoms with Crippen molar-refractivity contribution in [1.29, 1.82) is 0 Å². The van der Waals surface area contributed by atoms with Gasteiger partial charge in [0.25, 0.3) is 0 Å². The van der Waals surface area contributed by atoms with Crippen molar-refractivity contribution in [2.75, 3.05) is 5.73 Å². The Hall–Kier alpha value is -4.38. The Labute approximate surface area is 178 Å². The van der Waals surface area contributed by atoms with Crippen LogP contribution in [0.25, 0.3) is 57.5 Å². The number of nitrogens with zero attached hydrogens (tertiary/aromatic N) is 2. The summed E-state index contributed by atoms with van der Waals surface area (Å²) in [5, 5.41) is 0. The molecule has 0 radical (unpaired) electrons. The number of aromatic nitrogens is 4. The van der Waals surface area contributed by atoms with E-state index in [-0.39, 0.29) is 0 Å². The van der Waals surface area contributed by atoms with Crippen molar-refractivity contribution in [3.63, 3.8) is 0 Å². The van der Waals surface area contributed by atoms with Crippen molar-refractivity contribution in [1.82, 2.24) is 19.9 Å². The number of nitrogen functional groups attached to an aromatic ring is 1. The van der Waals surface area contributed by atoms with E-state index in [2.05, 4.69) is 22.1 Å². The maximum Gasteiger partial charge on any atom is 0.0658 e. The maximum absolute atomic E-state index is 6.29. The van der Waals surface area contributed by atoms with E-state index in [4.69, 9.17) is 15.7 Å². The first-order valence-corrected chi connectivity index (χ1v) is 10.1. The van der Waals surface area contributed by atoms with Crippen LogP contribution in [-0.2, 0) is 0 Å². The average Bonchev–Trinajstić information content (AvgIpc) is 3.53. The zero-order valence-corrected chi connectivity index (χ0v) is 16.6. The van der Waals surface area contributed by atoms with Crippen LogP contribution in [0.2, 0.25) is 0 Å². The van der Waals surface area contributed by atoms with Gasteiger partial charge in [0.2, 0.25) is 0 Å². The molecule has 5 heterocycles. The highest BCUT2D eigenvalue weighted by atomic mass is 14.8. The number of H-pyrrole nitrogens is 2. The van der Waals surface area contributed by atoms with Crippen LogP contribution in [0.3, 0.4) is 0 Å². The first-order chi connectivity index (χ1) is 15.2. The lowest BCUT2D eigenvalue weighted by Crippen LogP contribution is -1.88. The maximum atomic E-state index is 6.29. The number of anilines is 1. The van der Waals surface area contributed by atoms with Gasteiger partial charge in [-0.3, -0.25) is 0 Å². The Balaban J connectivity index is 1.69. The van der Waals surface area contributed by atoms with Crippen LogP contribution in [-0.4, -0.2) is 19.9 Å². The molecule has 3 aromatic heterocycles. The van der Waals surface area contributed by atoms with Gasteiger partial charge in [-0.1, -0.05) is 18.2 Å². The minimum absolute atomic E-state index is 0.740. The van der Waals surface area contributed by atoms with E-state index in [1.54, 1.807) is 0 Å². The monoisotopic (exact) mass is 401 g/mol. The van der Waals surface area contributed by atoms with Gasteiger partial charge < -0.3 is 15.7 Å². The van der Waals surface area contributed by atoms with Crippen LogP contribution in [0.5, 0.6) is 0 Å². The van der Waals surface area contributed by atoms with Gasteiger partial charge in [0.15, 0.2) is 0 Å². The van der Waals surface area contributed by atoms with Gasteiger partial charge in [0, 0.05) is 38.9 Å². The SMILES string of the molecule is Nc1ccccc1-c1cc2cc3nc(cc4ccc(cc5nc(cc1[nH]2)C=C5)[nH]4)C=C3. The number of rotatable bonds is 1. The molecule has 6 rings (SSSR count). The second-order valence-corrected chi connectivity index (χ2v) is 7.68. The fourth-order valence-electron chi connectivity index (χ4n) is 3.98. The second-order valence-electron chi connectivity index (χ2n) is 7.68. The molecule has 0 saturated carbocycles. The molecule has 5 nitrogen and oxygen atoms in total. The Morgan fingerprint density at radius 2 is 1.13 bits per heavy atom. The summed E-state index contributed by atoms with van der Waals surface area (Å²) >= 11 is 0. The van der Waals surface area contributed by atoms with Gasteiger partial charge in [-0.05, 0) is 72.8 Å². The molecule has 148 valence electrons. The second kappa shape index (κ2) is 6.85. The fourth-order valence-corrected chi connectivity index (χ4v) is 3.98. The molecule has 0 atom stereocenters. The molecular formula is C26H19N5. The summed E-state index contributed by atoms with van der Waals surface area (Å²) in [5.41, 5.74) is 16.6. The quantitative estimate of drug-likeness (QED) is 0.300. The number of benzene rings is 1. The van der Waals surface area contributed by atoms with Gasteiger partial charge in [-0.2, -0.15) is 0 Å². The first-order valence-electron chi connectivity index (χ1n) is 10.1. The number of nitrogens with two attached hydrogens (primary N) is 1. The predicted molar refractivity (Wildman–Crippen MR) is 129 cm³/mol. The highest BCUT2D eigenvalue weighted by Gasteiger charge is 2.09. The normalized spacial score (nSPS) is 12.4. The molecule has 0 unspecified atom stereocenters. The molecule has 2 aliphatic rings. The summed E-state index contributed by atoms with van der Waals surface area (Å²) < 4.78 is 0. The number of hydrogen-bond acceptors (Lipinski definition) is 3. The Kier molecular flexibility index (Phi) is 3.86. The van der Waals surface area contributed by atoms with Crippen molar-refractivity contribution in [2.24, 2.45) is 0 Å². The zero-order valence-electron chi connectivity index (χ0n) is 16.6. The van der Waals surface area contributed by atoms with Crippen LogP contribution in [0.4, 0.5) is 5.69 Å². The lowest BCUT2D eigenvalue weighted by atomic mass is 10.0. The van der Waals surface area contributed by atoms with Crippen molar-refractivity contribution in [3.8, 4) is 11.1 Å². The third-order valence-electron chi connectivity index (χ3n) is 5.42. The number of aromatic amines is 2. The molecule has 5 heteroatoms. The van der Waals surface area contributed by atoms with E-state index < -0.39 is 0 Å². The molecule has 31 heavy (non-hydrogen) atoms. The molecule has 4 N–H and O–H groups in total. The van der Waals surface area contributed by atoms with Gasteiger partial charge >= 0.3 is 0 Å². The summed E-state index contributed by atoms with van der Waals surface area (Å²) in [6.45, 7) is 0. The number of nitrogens with one attached hydrogen (secondary N) is 2. The molecule has 4 aromatic rings. The van der Waals surface area contributed by atoms with E-state index in [1.165, 1.54) is 0 Å². The molecule has 2 aliphatic heterocycles. The van der Waals surface area contributed by atoms with Gasteiger partial charge in [0.05, 0.1) is 22.8 Å². The molecular weight excluding hydrogens is 382 g/mol. The van der Waals surface area contributed by atoms with E-state index in [0.29, 0.717) is 0 Å². The third kappa shape index (κ3) is 3.32. The lowest BCUT2D eigenvalue weighted by Gasteiger charge is -2.03. The average molecular weight is 401 g/mol. The van der Waals surface area contributed by atoms with Crippen LogP contribution in [0.1, 0.15) is 22.8 Å². The standard InChI is InChI=1S/C26H19N5/c27-25-4-2-1-3-23(25)24-14-22-13-20-8-7-18(29-20)11-16-5-6-17(28-16)12-19-9-10-21(30-19)15-26(24)31-22/h1-15,28,31H,27H2. The van der Waals surface area contributed by atoms with E-state index in [9.17, 15) is 0 Å². The Morgan fingerprint density at radius 3 is 1.77 bits per heavy atom. The van der Waals surface area contributed by atoms with E-state index >= 15 is 0 Å². The largest absolute Gasteiger partial charge is 0.398 e. The fraction of sp³-hybridized carbons (Fsp3) is 0. The smallest absolute Gasteiger partial charge is 0.0658 e. The molecule has 0 fully saturated rings. The summed E-state index contributed by atoms with van der Waals surface area (Å²) in [5.74, 6) is 0. The molecule has 8 bridgehead atoms. The van der Waals surface area contributed by atoms with Crippen LogP contribution in [0, 0.1) is 0 Å². The summed E-state index contributed by atoms with van der Waals surface area (Å²) in [7, 11) is 0. The molecule has 0 spiro atoms. The summed E-state index contributed by atoms with van der Waals surface area (Å²) in [6, 6.07) is 22.3. The lowest BCUT2D eigenvalue weighted by molar-refractivity contribution is 1.31. The number of para-hydroxylation sites is 1. The minimum atomic E-state index is 0.740. The molecule has 0 aliphatic carbocycles. The van der Waals surface area contributed by atoms with E-state index in [1.807, 2.05) is 78.9 Å². The molecule has 0 amide bonds. The van der Waals surface area contributed by atoms with Crippen LogP contribution >= 0.6 is 0 Å². The van der Waals surface area contributed by atoms with Crippen molar-refractivity contribution < 1.29 is 0 Å².